The number of nitrogens with zero attached hydrogens (tertiary/aromatic N) is 2. The van der Waals surface area contributed by atoms with Gasteiger partial charge in [-0.2, -0.15) is 0 Å². The van der Waals surface area contributed by atoms with Gasteiger partial charge in [-0.15, -0.1) is 13.2 Å². The van der Waals surface area contributed by atoms with Crippen molar-refractivity contribution in [3.63, 3.8) is 0 Å². The molecule has 0 radical (unpaired) electrons. The molecule has 11 heteroatoms. The van der Waals surface area contributed by atoms with Crippen LogP contribution in [0, 0.1) is 13.8 Å². The highest BCUT2D eigenvalue weighted by Gasteiger charge is 2.35. The van der Waals surface area contributed by atoms with Crippen molar-refractivity contribution >= 4 is 10.0 Å². The summed E-state index contributed by atoms with van der Waals surface area (Å²) in [7, 11) is -4.19. The van der Waals surface area contributed by atoms with Gasteiger partial charge in [0.2, 0.25) is 10.0 Å². The molecule has 1 aliphatic carbocycles. The Hall–Kier alpha value is -2.40. The molecule has 0 saturated heterocycles. The Kier molecular flexibility index (Phi) is 6.51. The van der Waals surface area contributed by atoms with Crippen LogP contribution in [0.5, 0.6) is 11.8 Å². The zero-order valence-electron chi connectivity index (χ0n) is 16.4. The number of para-hydroxylation sites is 1. The number of ether oxygens (including phenoxy) is 2. The van der Waals surface area contributed by atoms with Crippen molar-refractivity contribution in [2.45, 2.75) is 62.9 Å². The maximum Gasteiger partial charge on any atom is 0.573 e. The van der Waals surface area contributed by atoms with E-state index in [-0.39, 0.29) is 12.1 Å². The largest absolute Gasteiger partial charge is 0.573 e. The number of hydrogen-bond acceptors (Lipinski definition) is 6. The number of sulfonamides is 1. The van der Waals surface area contributed by atoms with Gasteiger partial charge in [0.05, 0.1) is 0 Å². The van der Waals surface area contributed by atoms with Crippen LogP contribution in [0.25, 0.3) is 0 Å². The normalized spacial score (nSPS) is 20.0. The second kappa shape index (κ2) is 8.76. The standard InChI is InChI=1S/C19H22F3N3O4S/c1-12-11-13(2)24-18(23-12)28-15-9-7-14(8-10-15)25-30(26,27)17-6-4-3-5-16(17)29-19(20,21)22/h3-6,11,14-15,25H,7-10H2,1-2H3. The summed E-state index contributed by atoms with van der Waals surface area (Å²) in [5, 5.41) is 0. The first-order chi connectivity index (χ1) is 14.0. The summed E-state index contributed by atoms with van der Waals surface area (Å²) >= 11 is 0. The minimum absolute atomic E-state index is 0.159. The molecule has 1 fully saturated rings. The van der Waals surface area contributed by atoms with E-state index >= 15 is 0 Å². The van der Waals surface area contributed by atoms with Crippen LogP contribution < -0.4 is 14.2 Å². The van der Waals surface area contributed by atoms with E-state index < -0.39 is 33.1 Å². The van der Waals surface area contributed by atoms with Gasteiger partial charge in [-0.3, -0.25) is 0 Å². The smallest absolute Gasteiger partial charge is 0.460 e. The van der Waals surface area contributed by atoms with Crippen LogP contribution in [0.15, 0.2) is 35.2 Å². The average molecular weight is 445 g/mol. The number of halogens is 3. The van der Waals surface area contributed by atoms with Gasteiger partial charge in [0, 0.05) is 17.4 Å². The van der Waals surface area contributed by atoms with E-state index in [2.05, 4.69) is 19.4 Å². The third kappa shape index (κ3) is 6.05. The van der Waals surface area contributed by atoms with E-state index in [4.69, 9.17) is 4.74 Å². The molecule has 0 unspecified atom stereocenters. The quantitative estimate of drug-likeness (QED) is 0.730. The third-order valence-electron chi connectivity index (χ3n) is 4.59. The second-order valence-corrected chi connectivity index (χ2v) is 8.82. The molecule has 0 amide bonds. The van der Waals surface area contributed by atoms with Crippen molar-refractivity contribution in [2.24, 2.45) is 0 Å². The molecular weight excluding hydrogens is 423 g/mol. The first-order valence-corrected chi connectivity index (χ1v) is 10.9. The molecular formula is C19H22F3N3O4S. The Morgan fingerprint density at radius 1 is 1.03 bits per heavy atom. The maximum absolute atomic E-state index is 12.6. The molecule has 1 N–H and O–H groups in total. The molecule has 1 aliphatic rings. The number of nitrogens with one attached hydrogen (secondary N) is 1. The predicted molar refractivity (Wildman–Crippen MR) is 102 cm³/mol. The lowest BCUT2D eigenvalue weighted by atomic mass is 9.94. The van der Waals surface area contributed by atoms with Gasteiger partial charge in [0.25, 0.3) is 0 Å². The Bertz CT molecular complexity index is 971. The fourth-order valence-corrected chi connectivity index (χ4v) is 4.79. The van der Waals surface area contributed by atoms with Gasteiger partial charge in [0.15, 0.2) is 0 Å². The molecule has 3 rings (SSSR count). The van der Waals surface area contributed by atoms with Crippen molar-refractivity contribution in [2.75, 3.05) is 0 Å². The zero-order valence-corrected chi connectivity index (χ0v) is 17.3. The van der Waals surface area contributed by atoms with Crippen molar-refractivity contribution < 1.29 is 31.1 Å². The summed E-state index contributed by atoms with van der Waals surface area (Å²) in [5.74, 6) is -0.763. The van der Waals surface area contributed by atoms with Crippen molar-refractivity contribution in [1.82, 2.24) is 14.7 Å². The first kappa shape index (κ1) is 22.3. The predicted octanol–water partition coefficient (Wildman–Crippen LogP) is 3.66. The average Bonchev–Trinajstić information content (AvgIpc) is 2.61. The number of benzene rings is 1. The van der Waals surface area contributed by atoms with Crippen LogP contribution in [0.1, 0.15) is 37.1 Å². The van der Waals surface area contributed by atoms with Gasteiger partial charge >= 0.3 is 12.4 Å². The lowest BCUT2D eigenvalue weighted by Gasteiger charge is -2.29. The summed E-state index contributed by atoms with van der Waals surface area (Å²) in [6, 6.07) is 6.36. The fraction of sp³-hybridized carbons (Fsp3) is 0.474. The zero-order chi connectivity index (χ0) is 21.9. The topological polar surface area (TPSA) is 90.4 Å². The summed E-state index contributed by atoms with van der Waals surface area (Å²) in [4.78, 5) is 7.92. The van der Waals surface area contributed by atoms with Gasteiger partial charge in [-0.1, -0.05) is 12.1 Å². The molecule has 2 aromatic rings. The molecule has 1 saturated carbocycles. The lowest BCUT2D eigenvalue weighted by molar-refractivity contribution is -0.275. The highest BCUT2D eigenvalue weighted by molar-refractivity contribution is 7.89. The van der Waals surface area contributed by atoms with Crippen LogP contribution in [-0.4, -0.2) is 36.9 Å². The second-order valence-electron chi connectivity index (χ2n) is 7.14. The highest BCUT2D eigenvalue weighted by atomic mass is 32.2. The lowest BCUT2D eigenvalue weighted by Crippen LogP contribution is -2.40. The molecule has 1 heterocycles. The van der Waals surface area contributed by atoms with E-state index in [0.29, 0.717) is 25.7 Å². The maximum atomic E-state index is 12.6. The van der Waals surface area contributed by atoms with Crippen LogP contribution in [0.3, 0.4) is 0 Å². The number of aryl methyl sites for hydroxylation is 2. The molecule has 0 atom stereocenters. The van der Waals surface area contributed by atoms with Crippen LogP contribution in [0.2, 0.25) is 0 Å². The SMILES string of the molecule is Cc1cc(C)nc(OC2CCC(NS(=O)(=O)c3ccccc3OC(F)(F)F)CC2)n1. The Morgan fingerprint density at radius 3 is 2.23 bits per heavy atom. The van der Waals surface area contributed by atoms with Crippen LogP contribution in [0.4, 0.5) is 13.2 Å². The molecule has 1 aromatic carbocycles. The Labute approximate surface area is 172 Å². The minimum Gasteiger partial charge on any atom is -0.460 e. The van der Waals surface area contributed by atoms with Crippen molar-refractivity contribution in [3.05, 3.63) is 41.7 Å². The first-order valence-electron chi connectivity index (χ1n) is 9.38. The number of rotatable bonds is 6. The molecule has 0 aliphatic heterocycles. The Balaban J connectivity index is 1.62. The van der Waals surface area contributed by atoms with E-state index in [1.165, 1.54) is 12.1 Å². The van der Waals surface area contributed by atoms with Gasteiger partial charge in [-0.05, 0) is 57.7 Å². The highest BCUT2D eigenvalue weighted by Crippen LogP contribution is 2.30. The van der Waals surface area contributed by atoms with Gasteiger partial charge < -0.3 is 9.47 Å². The molecule has 0 bridgehead atoms. The summed E-state index contributed by atoms with van der Waals surface area (Å²) in [5.41, 5.74) is 1.58. The van der Waals surface area contributed by atoms with Crippen molar-refractivity contribution in [1.29, 1.82) is 0 Å². The van der Waals surface area contributed by atoms with Crippen LogP contribution >= 0.6 is 0 Å². The van der Waals surface area contributed by atoms with Gasteiger partial charge in [-0.25, -0.2) is 23.1 Å². The van der Waals surface area contributed by atoms with E-state index in [0.717, 1.165) is 23.5 Å². The monoisotopic (exact) mass is 445 g/mol. The fourth-order valence-electron chi connectivity index (χ4n) is 3.36. The number of hydrogen-bond donors (Lipinski definition) is 1. The number of alkyl halides is 3. The third-order valence-corrected chi connectivity index (χ3v) is 6.15. The molecule has 30 heavy (non-hydrogen) atoms. The molecule has 1 aromatic heterocycles. The van der Waals surface area contributed by atoms with Gasteiger partial charge in [0.1, 0.15) is 16.7 Å². The molecule has 164 valence electrons. The van der Waals surface area contributed by atoms with Crippen molar-refractivity contribution in [3.8, 4) is 11.8 Å². The van der Waals surface area contributed by atoms with Crippen LogP contribution in [-0.2, 0) is 10.0 Å². The molecule has 0 spiro atoms. The van der Waals surface area contributed by atoms with E-state index in [1.54, 1.807) is 0 Å². The molecule has 7 nitrogen and oxygen atoms in total. The number of aromatic nitrogens is 2. The summed E-state index contributed by atoms with van der Waals surface area (Å²) in [6.07, 6.45) is -3.09. The summed E-state index contributed by atoms with van der Waals surface area (Å²) in [6.45, 7) is 3.68. The van der Waals surface area contributed by atoms with E-state index in [1.807, 2.05) is 19.9 Å². The Morgan fingerprint density at radius 2 is 1.63 bits per heavy atom. The van der Waals surface area contributed by atoms with E-state index in [9.17, 15) is 21.6 Å². The minimum atomic E-state index is -4.99. The summed E-state index contributed by atoms with van der Waals surface area (Å²) < 4.78 is 75.2.